The van der Waals surface area contributed by atoms with Crippen molar-refractivity contribution in [3.8, 4) is 11.5 Å². The van der Waals surface area contributed by atoms with E-state index in [1.807, 2.05) is 6.07 Å². The molecule has 0 unspecified atom stereocenters. The third-order valence-electron chi connectivity index (χ3n) is 8.13. The van der Waals surface area contributed by atoms with E-state index in [-0.39, 0.29) is 24.0 Å². The maximum atomic E-state index is 13.7. The van der Waals surface area contributed by atoms with Crippen LogP contribution in [0, 0.1) is 0 Å². The van der Waals surface area contributed by atoms with Gasteiger partial charge in [0.2, 0.25) is 5.91 Å². The molecule has 3 amide bonds. The van der Waals surface area contributed by atoms with Crippen LogP contribution >= 0.6 is 23.1 Å². The van der Waals surface area contributed by atoms with Gasteiger partial charge >= 0.3 is 5.97 Å². The van der Waals surface area contributed by atoms with Gasteiger partial charge in [-0.25, -0.2) is 4.79 Å². The van der Waals surface area contributed by atoms with E-state index in [0.717, 1.165) is 53.9 Å². The van der Waals surface area contributed by atoms with Gasteiger partial charge in [0, 0.05) is 26.6 Å². The van der Waals surface area contributed by atoms with E-state index >= 15 is 0 Å². The van der Waals surface area contributed by atoms with E-state index in [1.54, 1.807) is 73.7 Å². The summed E-state index contributed by atoms with van der Waals surface area (Å²) in [4.78, 5) is 54.9. The summed E-state index contributed by atoms with van der Waals surface area (Å²) >= 11 is 2.76. The number of para-hydroxylation sites is 1. The van der Waals surface area contributed by atoms with Gasteiger partial charge in [-0.2, -0.15) is 0 Å². The van der Waals surface area contributed by atoms with E-state index in [4.69, 9.17) is 14.2 Å². The Morgan fingerprint density at radius 3 is 2.37 bits per heavy atom. The fourth-order valence-corrected chi connectivity index (χ4v) is 7.77. The molecular weight excluding hydrogens is 687 g/mol. The van der Waals surface area contributed by atoms with Crippen LogP contribution < -0.4 is 25.4 Å². The second-order valence-electron chi connectivity index (χ2n) is 11.6. The molecule has 1 aliphatic carbocycles. The highest BCUT2D eigenvalue weighted by atomic mass is 32.2. The maximum absolute atomic E-state index is 13.7. The number of hydrogen-bond acceptors (Lipinski definition) is 9. The molecule has 0 saturated heterocycles. The molecule has 0 atom stereocenters. The second-order valence-corrected chi connectivity index (χ2v) is 13.8. The Labute approximate surface area is 306 Å². The minimum atomic E-state index is -0.566. The molecule has 0 spiro atoms. The summed E-state index contributed by atoms with van der Waals surface area (Å²) in [7, 11) is 3.01. The van der Waals surface area contributed by atoms with Crippen molar-refractivity contribution >= 4 is 63.6 Å². The Morgan fingerprint density at radius 2 is 1.63 bits per heavy atom. The van der Waals surface area contributed by atoms with Crippen LogP contribution in [0.2, 0.25) is 0 Å². The van der Waals surface area contributed by atoms with Gasteiger partial charge in [0.05, 0.1) is 32.1 Å². The molecule has 0 saturated carbocycles. The number of nitrogens with one attached hydrogen (secondary N) is 3. The van der Waals surface area contributed by atoms with Gasteiger partial charge in [-0.05, 0) is 80.6 Å². The SMILES string of the molecule is CCOC(=O)c1c(NC(=O)CSc2cccc(NC(=O)/C(=C\c3cccc(OC)c3OC)NC(=O)c3ccccc3)c2)sc2c1CCCCCC2. The Kier molecular flexibility index (Phi) is 13.3. The van der Waals surface area contributed by atoms with E-state index < -0.39 is 17.8 Å². The van der Waals surface area contributed by atoms with Gasteiger partial charge in [0.1, 0.15) is 10.7 Å². The summed E-state index contributed by atoms with van der Waals surface area (Å²) in [5.74, 6) is -0.733. The lowest BCUT2D eigenvalue weighted by Crippen LogP contribution is -2.30. The molecule has 3 N–H and O–H groups in total. The lowest BCUT2D eigenvalue weighted by Gasteiger charge is -2.14. The monoisotopic (exact) mass is 727 g/mol. The number of amides is 3. The van der Waals surface area contributed by atoms with Gasteiger partial charge in [-0.15, -0.1) is 23.1 Å². The zero-order valence-electron chi connectivity index (χ0n) is 28.8. The van der Waals surface area contributed by atoms with Crippen molar-refractivity contribution in [2.75, 3.05) is 37.2 Å². The highest BCUT2D eigenvalue weighted by molar-refractivity contribution is 8.00. The topological polar surface area (TPSA) is 132 Å². The number of methoxy groups -OCH3 is 2. The van der Waals surface area contributed by atoms with Crippen LogP contribution in [0.4, 0.5) is 10.7 Å². The summed E-state index contributed by atoms with van der Waals surface area (Å²) < 4.78 is 16.3. The molecule has 1 heterocycles. The van der Waals surface area contributed by atoms with Gasteiger partial charge < -0.3 is 30.2 Å². The van der Waals surface area contributed by atoms with E-state index in [0.29, 0.717) is 38.9 Å². The average molecular weight is 728 g/mol. The molecule has 5 rings (SSSR count). The molecule has 1 aliphatic rings. The van der Waals surface area contributed by atoms with Crippen molar-refractivity contribution in [2.45, 2.75) is 50.3 Å². The van der Waals surface area contributed by atoms with Crippen LogP contribution in [0.25, 0.3) is 6.08 Å². The molecule has 3 aromatic carbocycles. The molecule has 1 aromatic heterocycles. The third-order valence-corrected chi connectivity index (χ3v) is 10.3. The predicted octanol–water partition coefficient (Wildman–Crippen LogP) is 7.74. The fourth-order valence-electron chi connectivity index (χ4n) is 5.72. The van der Waals surface area contributed by atoms with Crippen molar-refractivity contribution in [2.24, 2.45) is 0 Å². The second kappa shape index (κ2) is 18.2. The minimum absolute atomic E-state index is 0.0182. The number of thioether (sulfide) groups is 1. The number of esters is 1. The summed E-state index contributed by atoms with van der Waals surface area (Å²) in [6.07, 6.45) is 7.53. The largest absolute Gasteiger partial charge is 0.493 e. The van der Waals surface area contributed by atoms with Crippen LogP contribution in [0.1, 0.15) is 69.3 Å². The summed E-state index contributed by atoms with van der Waals surface area (Å²) in [5, 5.41) is 9.11. The molecule has 10 nitrogen and oxygen atoms in total. The molecule has 0 radical (unpaired) electrons. The number of anilines is 2. The standard InChI is InChI=1S/C39H41N3O7S2/c1-4-49-39(46)34-29-19-10-5-6-11-21-32(29)51-38(34)42-33(43)24-50-28-18-13-17-27(23-28)40-37(45)30(41-36(44)25-14-8-7-9-15-25)22-26-16-12-20-31(47-2)35(26)48-3/h7-9,12-18,20,22-23H,4-6,10-11,19,21,24H2,1-3H3,(H,40,45)(H,41,44)(H,42,43)/b30-22+. The quantitative estimate of drug-likeness (QED) is 0.0724. The molecular formula is C39H41N3O7S2. The third kappa shape index (κ3) is 9.80. The van der Waals surface area contributed by atoms with Crippen LogP contribution in [-0.4, -0.2) is 50.3 Å². The maximum Gasteiger partial charge on any atom is 0.341 e. The number of fused-ring (bicyclic) bond motifs is 1. The zero-order valence-corrected chi connectivity index (χ0v) is 30.5. The van der Waals surface area contributed by atoms with E-state index in [2.05, 4.69) is 16.0 Å². The van der Waals surface area contributed by atoms with E-state index in [1.165, 1.54) is 43.4 Å². The number of carbonyl (C=O) groups is 4. The number of ether oxygens (including phenoxy) is 3. The van der Waals surface area contributed by atoms with Crippen molar-refractivity contribution in [3.63, 3.8) is 0 Å². The number of carbonyl (C=O) groups excluding carboxylic acids is 4. The van der Waals surface area contributed by atoms with Crippen molar-refractivity contribution in [3.05, 3.63) is 106 Å². The Morgan fingerprint density at radius 1 is 0.863 bits per heavy atom. The van der Waals surface area contributed by atoms with Gasteiger partial charge in [-0.1, -0.05) is 49.2 Å². The van der Waals surface area contributed by atoms with Crippen molar-refractivity contribution < 1.29 is 33.4 Å². The number of benzene rings is 3. The summed E-state index contributed by atoms with van der Waals surface area (Å²) in [6.45, 7) is 2.03. The first kappa shape index (κ1) is 37.2. The average Bonchev–Trinajstić information content (AvgIpc) is 3.45. The predicted molar refractivity (Wildman–Crippen MR) is 202 cm³/mol. The molecule has 51 heavy (non-hydrogen) atoms. The molecule has 12 heteroatoms. The van der Waals surface area contributed by atoms with Crippen LogP contribution in [0.3, 0.4) is 0 Å². The number of aryl methyl sites for hydroxylation is 1. The Balaban J connectivity index is 1.31. The smallest absolute Gasteiger partial charge is 0.341 e. The Hall–Kier alpha value is -5.07. The Bertz CT molecular complexity index is 1910. The van der Waals surface area contributed by atoms with Gasteiger partial charge in [0.25, 0.3) is 11.8 Å². The lowest BCUT2D eigenvalue weighted by molar-refractivity contribution is -0.114. The van der Waals surface area contributed by atoms with Crippen molar-refractivity contribution in [1.82, 2.24) is 5.32 Å². The van der Waals surface area contributed by atoms with Gasteiger partial charge in [-0.3, -0.25) is 14.4 Å². The van der Waals surface area contributed by atoms with Crippen molar-refractivity contribution in [1.29, 1.82) is 0 Å². The fraction of sp³-hybridized carbons (Fsp3) is 0.282. The normalized spacial score (nSPS) is 12.8. The molecule has 0 aliphatic heterocycles. The highest BCUT2D eigenvalue weighted by Gasteiger charge is 2.26. The molecule has 266 valence electrons. The molecule has 4 aromatic rings. The minimum Gasteiger partial charge on any atom is -0.493 e. The first-order valence-electron chi connectivity index (χ1n) is 16.8. The van der Waals surface area contributed by atoms with Gasteiger partial charge in [0.15, 0.2) is 11.5 Å². The number of rotatable bonds is 13. The number of hydrogen-bond donors (Lipinski definition) is 3. The van der Waals surface area contributed by atoms with Crippen LogP contribution in [0.5, 0.6) is 11.5 Å². The van der Waals surface area contributed by atoms with Crippen LogP contribution in [0.15, 0.2) is 83.4 Å². The summed E-state index contributed by atoms with van der Waals surface area (Å²) in [5.41, 5.74) is 2.84. The lowest BCUT2D eigenvalue weighted by atomic mass is 9.96. The highest BCUT2D eigenvalue weighted by Crippen LogP contribution is 2.38. The summed E-state index contributed by atoms with van der Waals surface area (Å²) in [6, 6.07) is 20.9. The molecule has 0 bridgehead atoms. The molecule has 0 fully saturated rings. The first-order chi connectivity index (χ1) is 24.8. The zero-order chi connectivity index (χ0) is 36.2. The van der Waals surface area contributed by atoms with E-state index in [9.17, 15) is 19.2 Å². The number of thiophene rings is 1. The van der Waals surface area contributed by atoms with Crippen LogP contribution in [-0.2, 0) is 27.2 Å². The first-order valence-corrected chi connectivity index (χ1v) is 18.6.